The molecule has 7 heteroatoms. The van der Waals surface area contributed by atoms with Crippen molar-refractivity contribution in [3.05, 3.63) is 66.0 Å². The normalized spacial score (nSPS) is 18.2. The summed E-state index contributed by atoms with van der Waals surface area (Å²) in [4.78, 5) is 23.8. The summed E-state index contributed by atoms with van der Waals surface area (Å²) in [6.45, 7) is 7.63. The molecule has 2 aromatic heterocycles. The first-order valence-corrected chi connectivity index (χ1v) is 10.5. The van der Waals surface area contributed by atoms with Crippen LogP contribution in [0.25, 0.3) is 5.69 Å². The fraction of sp³-hybridized carbons (Fsp3) is 0.391. The molecule has 1 fully saturated rings. The van der Waals surface area contributed by atoms with Crippen molar-refractivity contribution in [1.29, 1.82) is 0 Å². The number of nitrogens with zero attached hydrogens (tertiary/aromatic N) is 5. The molecule has 3 aromatic rings. The van der Waals surface area contributed by atoms with E-state index >= 15 is 0 Å². The number of aryl methyl sites for hydroxylation is 1. The number of anilines is 1. The van der Waals surface area contributed by atoms with Gasteiger partial charge in [0.15, 0.2) is 0 Å². The fourth-order valence-corrected chi connectivity index (χ4v) is 4.18. The second-order valence-corrected chi connectivity index (χ2v) is 7.93. The predicted octanol–water partition coefficient (Wildman–Crippen LogP) is 3.49. The lowest BCUT2D eigenvalue weighted by molar-refractivity contribution is -0.121. The van der Waals surface area contributed by atoms with Gasteiger partial charge in [-0.1, -0.05) is 18.2 Å². The highest BCUT2D eigenvalue weighted by molar-refractivity contribution is 5.95. The molecule has 3 heterocycles. The van der Waals surface area contributed by atoms with Crippen LogP contribution in [-0.2, 0) is 4.79 Å². The van der Waals surface area contributed by atoms with Crippen LogP contribution in [0.4, 0.5) is 5.69 Å². The second kappa shape index (κ2) is 8.75. The van der Waals surface area contributed by atoms with E-state index < -0.39 is 0 Å². The molecule has 0 bridgehead atoms. The van der Waals surface area contributed by atoms with E-state index in [1.54, 1.807) is 12.5 Å². The molecule has 1 N–H and O–H groups in total. The quantitative estimate of drug-likeness (QED) is 0.705. The minimum atomic E-state index is -0.228. The summed E-state index contributed by atoms with van der Waals surface area (Å²) >= 11 is 0. The van der Waals surface area contributed by atoms with Gasteiger partial charge in [-0.05, 0) is 58.4 Å². The van der Waals surface area contributed by atoms with Gasteiger partial charge in [0.25, 0.3) is 0 Å². The number of nitrogens with one attached hydrogen (secondary N) is 1. The Hall–Kier alpha value is -3.06. The molecule has 30 heavy (non-hydrogen) atoms. The van der Waals surface area contributed by atoms with Gasteiger partial charge in [0.05, 0.1) is 28.8 Å². The zero-order valence-electron chi connectivity index (χ0n) is 17.7. The van der Waals surface area contributed by atoms with Crippen molar-refractivity contribution in [2.75, 3.05) is 18.4 Å². The van der Waals surface area contributed by atoms with E-state index in [-0.39, 0.29) is 11.9 Å². The average Bonchev–Trinajstić information content (AvgIpc) is 3.08. The number of para-hydroxylation sites is 1. The third-order valence-corrected chi connectivity index (χ3v) is 5.94. The maximum absolute atomic E-state index is 13.1. The van der Waals surface area contributed by atoms with Crippen LogP contribution in [0.1, 0.15) is 42.8 Å². The minimum absolute atomic E-state index is 0.00264. The minimum Gasteiger partial charge on any atom is -0.322 e. The Morgan fingerprint density at radius 2 is 2.00 bits per heavy atom. The first-order chi connectivity index (χ1) is 14.5. The van der Waals surface area contributed by atoms with E-state index in [1.807, 2.05) is 61.9 Å². The highest BCUT2D eigenvalue weighted by atomic mass is 16.2. The summed E-state index contributed by atoms with van der Waals surface area (Å²) in [5.74, 6) is 0.332. The van der Waals surface area contributed by atoms with Gasteiger partial charge in [0.2, 0.25) is 5.91 Å². The van der Waals surface area contributed by atoms with Crippen molar-refractivity contribution in [2.45, 2.75) is 45.6 Å². The Labute approximate surface area is 177 Å². The number of carbonyl (C=O) groups is 1. The van der Waals surface area contributed by atoms with E-state index in [9.17, 15) is 4.79 Å². The van der Waals surface area contributed by atoms with Crippen LogP contribution < -0.4 is 5.32 Å². The molecular weight excluding hydrogens is 376 g/mol. The number of aromatic nitrogens is 4. The number of rotatable bonds is 5. The summed E-state index contributed by atoms with van der Waals surface area (Å²) in [7, 11) is 0. The molecule has 1 amide bonds. The van der Waals surface area contributed by atoms with Gasteiger partial charge in [-0.3, -0.25) is 9.69 Å². The SMILES string of the molecule is Cc1nn(-c2ccccc2)c(C)c1NC(=O)[C@@H](C)N1CCC[C@H](c2ccncn2)C1. The van der Waals surface area contributed by atoms with Crippen molar-refractivity contribution >= 4 is 11.6 Å². The third kappa shape index (κ3) is 4.11. The molecule has 0 radical (unpaired) electrons. The van der Waals surface area contributed by atoms with Crippen LogP contribution in [-0.4, -0.2) is 49.7 Å². The molecule has 156 valence electrons. The Bertz CT molecular complexity index is 1000. The lowest BCUT2D eigenvalue weighted by atomic mass is 9.93. The standard InChI is InChI=1S/C23H28N6O/c1-16-22(17(2)29(27-16)20-9-5-4-6-10-20)26-23(30)18(3)28-13-7-8-19(14-28)21-11-12-24-15-25-21/h4-6,9-12,15,18-19H,7-8,13-14H2,1-3H3,(H,26,30)/t18-,19+/m1/s1. The van der Waals surface area contributed by atoms with Crippen molar-refractivity contribution in [1.82, 2.24) is 24.6 Å². The van der Waals surface area contributed by atoms with Crippen molar-refractivity contribution < 1.29 is 4.79 Å². The molecule has 4 rings (SSSR count). The number of hydrogen-bond acceptors (Lipinski definition) is 5. The third-order valence-electron chi connectivity index (χ3n) is 5.94. The summed E-state index contributed by atoms with van der Waals surface area (Å²) in [6, 6.07) is 11.7. The summed E-state index contributed by atoms with van der Waals surface area (Å²) < 4.78 is 1.88. The van der Waals surface area contributed by atoms with Gasteiger partial charge >= 0.3 is 0 Å². The second-order valence-electron chi connectivity index (χ2n) is 7.93. The molecule has 0 spiro atoms. The Balaban J connectivity index is 1.47. The Kier molecular flexibility index (Phi) is 5.90. The molecule has 2 atom stereocenters. The van der Waals surface area contributed by atoms with E-state index in [2.05, 4.69) is 25.3 Å². The number of carbonyl (C=O) groups excluding carboxylic acids is 1. The molecule has 1 aliphatic heterocycles. The van der Waals surface area contributed by atoms with Crippen LogP contribution in [0, 0.1) is 13.8 Å². The van der Waals surface area contributed by atoms with Crippen LogP contribution >= 0.6 is 0 Å². The van der Waals surface area contributed by atoms with E-state index in [4.69, 9.17) is 0 Å². The average molecular weight is 405 g/mol. The van der Waals surface area contributed by atoms with E-state index in [0.717, 1.165) is 54.4 Å². The van der Waals surface area contributed by atoms with Crippen LogP contribution in [0.5, 0.6) is 0 Å². The number of piperidine rings is 1. The molecular formula is C23H28N6O. The van der Waals surface area contributed by atoms with Gasteiger partial charge in [-0.2, -0.15) is 5.10 Å². The zero-order chi connectivity index (χ0) is 21.1. The van der Waals surface area contributed by atoms with Gasteiger partial charge in [-0.15, -0.1) is 0 Å². The maximum atomic E-state index is 13.1. The number of benzene rings is 1. The number of amides is 1. The van der Waals surface area contributed by atoms with Gasteiger partial charge in [0, 0.05) is 24.4 Å². The van der Waals surface area contributed by atoms with Gasteiger partial charge in [-0.25, -0.2) is 14.6 Å². The summed E-state index contributed by atoms with van der Waals surface area (Å²) in [5.41, 5.74) is 4.57. The molecule has 0 saturated carbocycles. The number of hydrogen-bond donors (Lipinski definition) is 1. The van der Waals surface area contributed by atoms with E-state index in [1.165, 1.54) is 0 Å². The van der Waals surface area contributed by atoms with Crippen LogP contribution in [0.2, 0.25) is 0 Å². The first kappa shape index (κ1) is 20.2. The molecule has 0 unspecified atom stereocenters. The lowest BCUT2D eigenvalue weighted by Crippen LogP contribution is -2.46. The van der Waals surface area contributed by atoms with Crippen molar-refractivity contribution in [3.8, 4) is 5.69 Å². The molecule has 1 saturated heterocycles. The van der Waals surface area contributed by atoms with Crippen LogP contribution in [0.15, 0.2) is 48.9 Å². The summed E-state index contributed by atoms with van der Waals surface area (Å²) in [6.07, 6.45) is 5.52. The first-order valence-electron chi connectivity index (χ1n) is 10.5. The largest absolute Gasteiger partial charge is 0.322 e. The highest BCUT2D eigenvalue weighted by Gasteiger charge is 2.29. The lowest BCUT2D eigenvalue weighted by Gasteiger charge is -2.35. The summed E-state index contributed by atoms with van der Waals surface area (Å²) in [5, 5.41) is 7.76. The predicted molar refractivity (Wildman–Crippen MR) is 117 cm³/mol. The van der Waals surface area contributed by atoms with Crippen molar-refractivity contribution in [2.24, 2.45) is 0 Å². The smallest absolute Gasteiger partial charge is 0.241 e. The van der Waals surface area contributed by atoms with E-state index in [0.29, 0.717) is 5.92 Å². The fourth-order valence-electron chi connectivity index (χ4n) is 4.18. The molecule has 0 aliphatic carbocycles. The van der Waals surface area contributed by atoms with Crippen molar-refractivity contribution in [3.63, 3.8) is 0 Å². The van der Waals surface area contributed by atoms with Crippen LogP contribution in [0.3, 0.4) is 0 Å². The Morgan fingerprint density at radius 1 is 1.20 bits per heavy atom. The van der Waals surface area contributed by atoms with Gasteiger partial charge in [0.1, 0.15) is 6.33 Å². The zero-order valence-corrected chi connectivity index (χ0v) is 17.7. The number of likely N-dealkylation sites (tertiary alicyclic amines) is 1. The molecule has 1 aromatic carbocycles. The molecule has 1 aliphatic rings. The van der Waals surface area contributed by atoms with Gasteiger partial charge < -0.3 is 5.32 Å². The Morgan fingerprint density at radius 3 is 2.73 bits per heavy atom. The highest BCUT2D eigenvalue weighted by Crippen LogP contribution is 2.27. The monoisotopic (exact) mass is 404 g/mol. The topological polar surface area (TPSA) is 75.9 Å². The maximum Gasteiger partial charge on any atom is 0.241 e. The molecule has 7 nitrogen and oxygen atoms in total.